The van der Waals surface area contributed by atoms with Crippen LogP contribution < -0.4 is 35.6 Å². The SMILES string of the molecule is COc1ccc(C(N)=O)c(-c2c(Cl)c(F)cc3c2C(C)C(CNC2CCC(C(=O)N4CCC(CCN5CCN(c6nc7ccc(N8CCC(=O)NC8=O)cc7[nH]6)CC5)CC4)CC2)(c2ccccc2)O3)c1F. The van der Waals surface area contributed by atoms with Crippen molar-refractivity contribution in [3.63, 3.8) is 0 Å². The van der Waals surface area contributed by atoms with Crippen molar-refractivity contribution in [2.45, 2.75) is 75.9 Å². The lowest BCUT2D eigenvalue weighted by atomic mass is 9.77. The number of aromatic nitrogens is 2. The van der Waals surface area contributed by atoms with Crippen molar-refractivity contribution in [1.29, 1.82) is 0 Å². The Bertz CT molecular complexity index is 2840. The summed E-state index contributed by atoms with van der Waals surface area (Å²) in [7, 11) is 1.30. The zero-order valence-corrected chi connectivity index (χ0v) is 40.8. The summed E-state index contributed by atoms with van der Waals surface area (Å²) in [5.41, 5.74) is 7.97. The summed E-state index contributed by atoms with van der Waals surface area (Å²) < 4.78 is 44.1. The first-order valence-electron chi connectivity index (χ1n) is 24.9. The first kappa shape index (κ1) is 48.3. The van der Waals surface area contributed by atoms with Gasteiger partial charge in [0.2, 0.25) is 23.7 Å². The molecule has 0 bridgehead atoms. The number of amides is 5. The molecule has 3 saturated heterocycles. The zero-order chi connectivity index (χ0) is 49.6. The van der Waals surface area contributed by atoms with Crippen LogP contribution in [-0.4, -0.2) is 116 Å². The van der Waals surface area contributed by atoms with Gasteiger partial charge >= 0.3 is 6.03 Å². The van der Waals surface area contributed by atoms with Gasteiger partial charge in [0.25, 0.3) is 0 Å². The van der Waals surface area contributed by atoms with Gasteiger partial charge in [0, 0.05) is 105 Å². The number of hydrogen-bond acceptors (Lipinski definition) is 10. The first-order chi connectivity index (χ1) is 34.3. The largest absolute Gasteiger partial charge is 0.494 e. The van der Waals surface area contributed by atoms with Gasteiger partial charge in [-0.2, -0.15) is 0 Å². The number of nitrogens with two attached hydrogens (primary N) is 1. The van der Waals surface area contributed by atoms with E-state index in [1.54, 1.807) is 4.90 Å². The van der Waals surface area contributed by atoms with Crippen molar-refractivity contribution in [3.8, 4) is 22.6 Å². The second kappa shape index (κ2) is 20.1. The van der Waals surface area contributed by atoms with Crippen molar-refractivity contribution in [3.05, 3.63) is 100 Å². The van der Waals surface area contributed by atoms with Crippen LogP contribution in [0.4, 0.5) is 25.2 Å². The number of nitrogens with zero attached hydrogens (tertiary/aromatic N) is 5. The van der Waals surface area contributed by atoms with E-state index in [-0.39, 0.29) is 63.4 Å². The standard InChI is InChI=1S/C53H60ClF2N9O6/c1-31-44-42(29-38(55)47(54)46(44)45-37(49(57)67)13-15-41(70-2)48(45)56)71-53(31,34-6-4-3-5-7-34)30-58-35-10-8-33(9-11-35)50(68)63-21-17-32(18-22-63)16-20-62-24-26-64(27-25-62)51-59-39-14-12-36(28-40(39)60-51)65-23-19-43(66)61-52(65)69/h3-7,12-15,28-29,31-33,35,58H,8-11,16-27,30H2,1-2H3,(H2,57,67)(H,59,60)(H,61,66,69). The topological polar surface area (TPSA) is 178 Å². The number of benzene rings is 4. The van der Waals surface area contributed by atoms with Gasteiger partial charge < -0.3 is 35.3 Å². The number of urea groups is 1. The average Bonchev–Trinajstić information content (AvgIpc) is 3.94. The lowest BCUT2D eigenvalue weighted by molar-refractivity contribution is -0.138. The molecule has 0 spiro atoms. The summed E-state index contributed by atoms with van der Waals surface area (Å²) >= 11 is 6.70. The summed E-state index contributed by atoms with van der Waals surface area (Å²) in [6.07, 6.45) is 6.52. The molecule has 15 nitrogen and oxygen atoms in total. The van der Waals surface area contributed by atoms with Crippen LogP contribution >= 0.6 is 11.6 Å². The van der Waals surface area contributed by atoms with Gasteiger partial charge in [0.15, 0.2) is 17.2 Å². The number of aromatic amines is 1. The van der Waals surface area contributed by atoms with Crippen LogP contribution in [0.2, 0.25) is 5.02 Å². The molecule has 2 atom stereocenters. The fourth-order valence-electron chi connectivity index (χ4n) is 11.6. The Kier molecular flexibility index (Phi) is 13.7. The number of rotatable bonds is 13. The number of carbonyl (C=O) groups is 4. The molecule has 5 heterocycles. The van der Waals surface area contributed by atoms with E-state index in [2.05, 4.69) is 30.3 Å². The van der Waals surface area contributed by atoms with E-state index in [1.807, 2.05) is 55.5 Å². The number of fused-ring (bicyclic) bond motifs is 2. The number of imide groups is 1. The number of methoxy groups -OCH3 is 1. The van der Waals surface area contributed by atoms with E-state index in [9.17, 15) is 19.2 Å². The summed E-state index contributed by atoms with van der Waals surface area (Å²) in [4.78, 5) is 67.4. The fraction of sp³-hybridized carbons (Fsp3) is 0.453. The zero-order valence-electron chi connectivity index (χ0n) is 40.1. The maximum Gasteiger partial charge on any atom is 0.328 e. The van der Waals surface area contributed by atoms with Crippen LogP contribution in [0.5, 0.6) is 11.5 Å². The molecule has 5 amide bonds. The fourth-order valence-corrected chi connectivity index (χ4v) is 11.8. The number of H-pyrrole nitrogens is 1. The molecule has 71 heavy (non-hydrogen) atoms. The Balaban J connectivity index is 0.707. The monoisotopic (exact) mass is 991 g/mol. The highest BCUT2D eigenvalue weighted by Gasteiger charge is 2.50. The first-order valence-corrected chi connectivity index (χ1v) is 25.2. The lowest BCUT2D eigenvalue weighted by Gasteiger charge is -2.39. The van der Waals surface area contributed by atoms with Crippen molar-refractivity contribution in [2.24, 2.45) is 17.6 Å². The lowest BCUT2D eigenvalue weighted by Crippen LogP contribution is -2.49. The third-order valence-electron chi connectivity index (χ3n) is 15.8. The third-order valence-corrected chi connectivity index (χ3v) is 16.1. The number of primary amides is 1. The Morgan fingerprint density at radius 2 is 1.68 bits per heavy atom. The number of ether oxygens (including phenoxy) is 2. The minimum Gasteiger partial charge on any atom is -0.494 e. The number of piperidine rings is 1. The Morgan fingerprint density at radius 1 is 0.930 bits per heavy atom. The Morgan fingerprint density at radius 3 is 2.38 bits per heavy atom. The summed E-state index contributed by atoms with van der Waals surface area (Å²) in [5, 5.41) is 5.79. The molecule has 5 N–H and O–H groups in total. The molecule has 1 saturated carbocycles. The van der Waals surface area contributed by atoms with Crippen LogP contribution in [0, 0.1) is 23.5 Å². The van der Waals surface area contributed by atoms with Gasteiger partial charge in [-0.15, -0.1) is 0 Å². The van der Waals surface area contributed by atoms with E-state index in [1.165, 1.54) is 25.3 Å². The van der Waals surface area contributed by atoms with E-state index in [0.717, 1.165) is 119 Å². The van der Waals surface area contributed by atoms with Gasteiger partial charge in [-0.1, -0.05) is 48.9 Å². The normalized spacial score (nSPS) is 23.2. The molecular weight excluding hydrogens is 932 g/mol. The van der Waals surface area contributed by atoms with E-state index in [0.29, 0.717) is 24.6 Å². The van der Waals surface area contributed by atoms with Gasteiger partial charge in [-0.25, -0.2) is 18.6 Å². The Labute approximate surface area is 416 Å². The number of hydrogen-bond donors (Lipinski definition) is 4. The number of likely N-dealkylation sites (tertiary alicyclic amines) is 1. The van der Waals surface area contributed by atoms with Crippen molar-refractivity contribution < 1.29 is 37.4 Å². The molecule has 4 fully saturated rings. The molecule has 0 radical (unpaired) electrons. The molecule has 374 valence electrons. The number of carbonyl (C=O) groups excluding carboxylic acids is 4. The smallest absolute Gasteiger partial charge is 0.328 e. The van der Waals surface area contributed by atoms with Crippen LogP contribution in [0.1, 0.15) is 85.7 Å². The van der Waals surface area contributed by atoms with Crippen molar-refractivity contribution >= 4 is 58.0 Å². The highest BCUT2D eigenvalue weighted by Crippen LogP contribution is 2.56. The number of halogens is 3. The van der Waals surface area contributed by atoms with E-state index < -0.39 is 35.1 Å². The minimum absolute atomic E-state index is 0.000862. The molecule has 4 aromatic carbocycles. The highest BCUT2D eigenvalue weighted by atomic mass is 35.5. The molecule has 4 aliphatic heterocycles. The second-order valence-electron chi connectivity index (χ2n) is 19.7. The van der Waals surface area contributed by atoms with Crippen LogP contribution in [0.25, 0.3) is 22.2 Å². The number of nitrogens with one attached hydrogen (secondary N) is 3. The second-order valence-corrected chi connectivity index (χ2v) is 20.1. The van der Waals surface area contributed by atoms with Crippen LogP contribution in [0.3, 0.4) is 0 Å². The highest BCUT2D eigenvalue weighted by molar-refractivity contribution is 6.34. The van der Waals surface area contributed by atoms with Gasteiger partial charge in [-0.05, 0) is 93.3 Å². The van der Waals surface area contributed by atoms with Crippen molar-refractivity contribution in [2.75, 3.05) is 75.8 Å². The van der Waals surface area contributed by atoms with E-state index >= 15 is 8.78 Å². The van der Waals surface area contributed by atoms with Crippen molar-refractivity contribution in [1.82, 2.24) is 30.4 Å². The van der Waals surface area contributed by atoms with Gasteiger partial charge in [0.1, 0.15) is 11.6 Å². The molecule has 1 aliphatic carbocycles. The van der Waals surface area contributed by atoms with E-state index in [4.69, 9.17) is 31.8 Å². The van der Waals surface area contributed by atoms with Gasteiger partial charge in [0.05, 0.1) is 28.7 Å². The third kappa shape index (κ3) is 9.39. The maximum absolute atomic E-state index is 16.2. The molecule has 5 aliphatic rings. The molecule has 18 heteroatoms. The van der Waals surface area contributed by atoms with Crippen LogP contribution in [-0.2, 0) is 15.2 Å². The predicted molar refractivity (Wildman–Crippen MR) is 267 cm³/mol. The molecule has 1 aromatic heterocycles. The number of imidazole rings is 1. The molecule has 10 rings (SSSR count). The predicted octanol–water partition coefficient (Wildman–Crippen LogP) is 7.71. The molecule has 2 unspecified atom stereocenters. The number of piperazine rings is 1. The minimum atomic E-state index is -1.06. The van der Waals surface area contributed by atoms with Crippen LogP contribution in [0.15, 0.2) is 66.7 Å². The van der Waals surface area contributed by atoms with Gasteiger partial charge in [-0.3, -0.25) is 29.5 Å². The average molecular weight is 993 g/mol. The molecule has 5 aromatic rings. The maximum atomic E-state index is 16.2. The summed E-state index contributed by atoms with van der Waals surface area (Å²) in [5.74, 6) is -1.70. The Hall–Kier alpha value is -6.30. The molecular formula is C53H60ClF2N9O6. The summed E-state index contributed by atoms with van der Waals surface area (Å²) in [6, 6.07) is 18.9. The number of anilines is 2. The summed E-state index contributed by atoms with van der Waals surface area (Å²) in [6.45, 7) is 8.80. The quantitative estimate of drug-likeness (QED) is 0.0914.